The Morgan fingerprint density at radius 3 is 2.42 bits per heavy atom. The molecule has 3 N–H and O–H groups in total. The van der Waals surface area contributed by atoms with Gasteiger partial charge in [0.25, 0.3) is 0 Å². The number of anilines is 1. The van der Waals surface area contributed by atoms with Crippen LogP contribution < -0.4 is 11.1 Å². The lowest BCUT2D eigenvalue weighted by Crippen LogP contribution is -2.46. The molecule has 1 rings (SSSR count). The van der Waals surface area contributed by atoms with Crippen molar-refractivity contribution in [2.75, 3.05) is 5.32 Å². The van der Waals surface area contributed by atoms with Gasteiger partial charge in [-0.25, -0.2) is 4.68 Å². The summed E-state index contributed by atoms with van der Waals surface area (Å²) in [5.41, 5.74) is 5.04. The second-order valence-electron chi connectivity index (χ2n) is 4.61. The molecule has 0 radical (unpaired) electrons. The van der Waals surface area contributed by atoms with Gasteiger partial charge >= 0.3 is 0 Å². The summed E-state index contributed by atoms with van der Waals surface area (Å²) >= 11 is 5.14. The number of nitrogens with zero attached hydrogens (tertiary/aromatic N) is 3. The van der Waals surface area contributed by atoms with Crippen molar-refractivity contribution in [3.8, 4) is 0 Å². The minimum Gasteiger partial charge on any atom is -0.392 e. The molecule has 0 aromatic carbocycles. The van der Waals surface area contributed by atoms with Crippen molar-refractivity contribution in [1.82, 2.24) is 14.8 Å². The molecule has 1 aromatic rings. The quantitative estimate of drug-likeness (QED) is 0.743. The van der Waals surface area contributed by atoms with E-state index in [1.165, 1.54) is 11.0 Å². The van der Waals surface area contributed by atoms with Crippen LogP contribution in [0.25, 0.3) is 0 Å². The first-order chi connectivity index (χ1) is 8.97. The summed E-state index contributed by atoms with van der Waals surface area (Å²) in [6, 6.07) is 0. The van der Waals surface area contributed by atoms with Gasteiger partial charge in [0.2, 0.25) is 11.9 Å². The van der Waals surface area contributed by atoms with Crippen LogP contribution in [-0.2, 0) is 11.8 Å². The summed E-state index contributed by atoms with van der Waals surface area (Å²) in [7, 11) is 1.71. The molecule has 106 valence electrons. The Hall–Kier alpha value is -1.50. The predicted molar refractivity (Wildman–Crippen MR) is 78.7 cm³/mol. The molecule has 0 saturated heterocycles. The molecule has 0 aliphatic heterocycles. The van der Waals surface area contributed by atoms with Gasteiger partial charge in [0.15, 0.2) is 0 Å². The zero-order valence-electron chi connectivity index (χ0n) is 11.6. The first kappa shape index (κ1) is 15.6. The second kappa shape index (κ2) is 6.60. The lowest BCUT2D eigenvalue weighted by atomic mass is 9.78. The van der Waals surface area contributed by atoms with E-state index in [4.69, 9.17) is 18.0 Å². The van der Waals surface area contributed by atoms with Gasteiger partial charge in [-0.2, -0.15) is 10.1 Å². The Morgan fingerprint density at radius 2 is 2.05 bits per heavy atom. The number of amides is 1. The fourth-order valence-electron chi connectivity index (χ4n) is 2.19. The smallest absolute Gasteiger partial charge is 0.239 e. The highest BCUT2D eigenvalue weighted by Gasteiger charge is 2.40. The van der Waals surface area contributed by atoms with E-state index in [0.29, 0.717) is 18.8 Å². The standard InChI is InChI=1S/C12H21N5OS/c1-4-6-12(7-5-2,9(13)19)10(18)16-11-14-8-15-17(11)3/h8H,4-7H2,1-3H3,(H2,13,19)(H,14,15,16,18). The van der Waals surface area contributed by atoms with Crippen LogP contribution in [0.4, 0.5) is 5.95 Å². The van der Waals surface area contributed by atoms with E-state index in [1.54, 1.807) is 7.05 Å². The molecular formula is C12H21N5OS. The number of aromatic nitrogens is 3. The number of carbonyl (C=O) groups excluding carboxylic acids is 1. The highest BCUT2D eigenvalue weighted by atomic mass is 32.1. The molecule has 0 bridgehead atoms. The molecule has 6 nitrogen and oxygen atoms in total. The van der Waals surface area contributed by atoms with Crippen LogP contribution in [0.3, 0.4) is 0 Å². The molecule has 0 unspecified atom stereocenters. The molecule has 0 atom stereocenters. The molecule has 19 heavy (non-hydrogen) atoms. The topological polar surface area (TPSA) is 85.8 Å². The third kappa shape index (κ3) is 3.28. The van der Waals surface area contributed by atoms with E-state index in [2.05, 4.69) is 15.4 Å². The Kier molecular flexibility index (Phi) is 5.41. The van der Waals surface area contributed by atoms with Gasteiger partial charge in [-0.3, -0.25) is 10.1 Å². The van der Waals surface area contributed by atoms with Crippen LogP contribution >= 0.6 is 12.2 Å². The van der Waals surface area contributed by atoms with Crippen molar-refractivity contribution in [2.24, 2.45) is 18.2 Å². The van der Waals surface area contributed by atoms with E-state index < -0.39 is 5.41 Å². The van der Waals surface area contributed by atoms with Crippen molar-refractivity contribution in [3.63, 3.8) is 0 Å². The Balaban J connectivity index is 2.99. The van der Waals surface area contributed by atoms with E-state index in [0.717, 1.165) is 12.8 Å². The van der Waals surface area contributed by atoms with Gasteiger partial charge < -0.3 is 5.73 Å². The van der Waals surface area contributed by atoms with E-state index in [9.17, 15) is 4.79 Å². The van der Waals surface area contributed by atoms with Crippen LogP contribution in [0, 0.1) is 5.41 Å². The van der Waals surface area contributed by atoms with Crippen LogP contribution in [0.2, 0.25) is 0 Å². The number of carbonyl (C=O) groups is 1. The number of hydrogen-bond acceptors (Lipinski definition) is 4. The van der Waals surface area contributed by atoms with Gasteiger partial charge in [0.1, 0.15) is 6.33 Å². The Labute approximate surface area is 118 Å². The largest absolute Gasteiger partial charge is 0.392 e. The van der Waals surface area contributed by atoms with Crippen molar-refractivity contribution in [1.29, 1.82) is 0 Å². The maximum atomic E-state index is 12.5. The zero-order valence-corrected chi connectivity index (χ0v) is 12.5. The first-order valence-corrected chi connectivity index (χ1v) is 6.84. The zero-order chi connectivity index (χ0) is 14.5. The predicted octanol–water partition coefficient (Wildman–Crippen LogP) is 1.63. The third-order valence-corrected chi connectivity index (χ3v) is 3.59. The maximum absolute atomic E-state index is 12.5. The fourth-order valence-corrected chi connectivity index (χ4v) is 2.49. The molecule has 0 saturated carbocycles. The Morgan fingerprint density at radius 1 is 1.47 bits per heavy atom. The summed E-state index contributed by atoms with van der Waals surface area (Å²) in [5, 5.41) is 6.68. The van der Waals surface area contributed by atoms with Crippen molar-refractivity contribution in [2.45, 2.75) is 39.5 Å². The van der Waals surface area contributed by atoms with Crippen molar-refractivity contribution >= 4 is 29.1 Å². The summed E-state index contributed by atoms with van der Waals surface area (Å²) in [6.45, 7) is 4.02. The van der Waals surface area contributed by atoms with E-state index in [-0.39, 0.29) is 10.9 Å². The highest BCUT2D eigenvalue weighted by molar-refractivity contribution is 7.80. The van der Waals surface area contributed by atoms with Crippen molar-refractivity contribution in [3.05, 3.63) is 6.33 Å². The van der Waals surface area contributed by atoms with E-state index in [1.807, 2.05) is 13.8 Å². The minimum atomic E-state index is -0.801. The van der Waals surface area contributed by atoms with Gasteiger partial charge in [0.05, 0.1) is 10.4 Å². The van der Waals surface area contributed by atoms with Crippen molar-refractivity contribution < 1.29 is 4.79 Å². The van der Waals surface area contributed by atoms with Gasteiger partial charge in [-0.05, 0) is 12.8 Å². The van der Waals surface area contributed by atoms with Crippen LogP contribution in [0.15, 0.2) is 6.33 Å². The molecule has 7 heteroatoms. The minimum absolute atomic E-state index is 0.195. The number of nitrogens with one attached hydrogen (secondary N) is 1. The maximum Gasteiger partial charge on any atom is 0.239 e. The van der Waals surface area contributed by atoms with Crippen LogP contribution in [-0.4, -0.2) is 25.7 Å². The SMILES string of the molecule is CCCC(CCC)(C(=O)Nc1ncnn1C)C(N)=S. The first-order valence-electron chi connectivity index (χ1n) is 6.43. The van der Waals surface area contributed by atoms with E-state index >= 15 is 0 Å². The molecule has 1 aromatic heterocycles. The number of aryl methyl sites for hydroxylation is 1. The third-order valence-electron chi connectivity index (χ3n) is 3.20. The molecule has 1 amide bonds. The van der Waals surface area contributed by atoms with Gasteiger partial charge in [0, 0.05) is 7.05 Å². The number of thiocarbonyl (C=S) groups is 1. The lowest BCUT2D eigenvalue weighted by molar-refractivity contribution is -0.123. The lowest BCUT2D eigenvalue weighted by Gasteiger charge is -2.30. The normalized spacial score (nSPS) is 11.3. The highest BCUT2D eigenvalue weighted by Crippen LogP contribution is 2.32. The summed E-state index contributed by atoms with van der Waals surface area (Å²) < 4.78 is 1.50. The molecule has 0 aliphatic carbocycles. The fraction of sp³-hybridized carbons (Fsp3) is 0.667. The summed E-state index contributed by atoms with van der Waals surface area (Å²) in [5.74, 6) is 0.206. The summed E-state index contributed by atoms with van der Waals surface area (Å²) in [6.07, 6.45) is 4.34. The average Bonchev–Trinajstić information content (AvgIpc) is 2.74. The van der Waals surface area contributed by atoms with Crippen LogP contribution in [0.1, 0.15) is 39.5 Å². The molecule has 0 aliphatic rings. The van der Waals surface area contributed by atoms with Gasteiger partial charge in [-0.15, -0.1) is 0 Å². The second-order valence-corrected chi connectivity index (χ2v) is 5.05. The monoisotopic (exact) mass is 283 g/mol. The average molecular weight is 283 g/mol. The molecular weight excluding hydrogens is 262 g/mol. The molecule has 0 spiro atoms. The molecule has 1 heterocycles. The Bertz CT molecular complexity index is 451. The number of nitrogens with two attached hydrogens (primary N) is 1. The number of hydrogen-bond donors (Lipinski definition) is 2. The summed E-state index contributed by atoms with van der Waals surface area (Å²) in [4.78, 5) is 16.8. The number of rotatable bonds is 7. The van der Waals surface area contributed by atoms with Gasteiger partial charge in [-0.1, -0.05) is 38.9 Å². The van der Waals surface area contributed by atoms with Crippen LogP contribution in [0.5, 0.6) is 0 Å². The molecule has 0 fully saturated rings.